The first-order chi connectivity index (χ1) is 8.56. The molecule has 2 rings (SSSR count). The first-order valence-electron chi connectivity index (χ1n) is 5.89. The average molecular weight is 266 g/mol. The molecule has 0 saturated carbocycles. The number of esters is 1. The molecule has 1 heterocycles. The van der Waals surface area contributed by atoms with E-state index < -0.39 is 0 Å². The number of para-hydroxylation sites is 1. The number of hydrogen-bond donors (Lipinski definition) is 0. The van der Waals surface area contributed by atoms with Crippen molar-refractivity contribution in [3.8, 4) is 0 Å². The van der Waals surface area contributed by atoms with Crippen molar-refractivity contribution < 1.29 is 9.53 Å². The number of benzene rings is 1. The summed E-state index contributed by atoms with van der Waals surface area (Å²) in [7, 11) is 1.41. The van der Waals surface area contributed by atoms with E-state index in [0.717, 1.165) is 10.9 Å². The molecule has 0 spiro atoms. The molecular formula is C14H16ClNO2. The van der Waals surface area contributed by atoms with Crippen molar-refractivity contribution in [2.45, 2.75) is 19.9 Å². The SMILES string of the molecule is COC(=O)C(C)C(C)n1ccc2cccc(Cl)c21. The third kappa shape index (κ3) is 2.10. The van der Waals surface area contributed by atoms with Crippen LogP contribution in [0.4, 0.5) is 0 Å². The van der Waals surface area contributed by atoms with Gasteiger partial charge in [-0.25, -0.2) is 0 Å². The van der Waals surface area contributed by atoms with Gasteiger partial charge in [0.15, 0.2) is 0 Å². The highest BCUT2D eigenvalue weighted by Gasteiger charge is 2.23. The second-order valence-electron chi connectivity index (χ2n) is 4.45. The van der Waals surface area contributed by atoms with Crippen LogP contribution in [0.5, 0.6) is 0 Å². The van der Waals surface area contributed by atoms with E-state index in [9.17, 15) is 4.79 Å². The molecule has 0 fully saturated rings. The summed E-state index contributed by atoms with van der Waals surface area (Å²) in [6.45, 7) is 3.85. The molecule has 4 heteroatoms. The van der Waals surface area contributed by atoms with Gasteiger partial charge in [-0.2, -0.15) is 0 Å². The highest BCUT2D eigenvalue weighted by atomic mass is 35.5. The lowest BCUT2D eigenvalue weighted by Gasteiger charge is -2.21. The highest BCUT2D eigenvalue weighted by Crippen LogP contribution is 2.30. The van der Waals surface area contributed by atoms with Crippen molar-refractivity contribution >= 4 is 28.5 Å². The van der Waals surface area contributed by atoms with E-state index in [1.807, 2.05) is 48.9 Å². The van der Waals surface area contributed by atoms with Gasteiger partial charge >= 0.3 is 5.97 Å². The van der Waals surface area contributed by atoms with Crippen molar-refractivity contribution in [1.29, 1.82) is 0 Å². The number of nitrogens with zero attached hydrogens (tertiary/aromatic N) is 1. The van der Waals surface area contributed by atoms with Crippen LogP contribution in [0.25, 0.3) is 10.9 Å². The Morgan fingerprint density at radius 3 is 2.72 bits per heavy atom. The van der Waals surface area contributed by atoms with Gasteiger partial charge in [0, 0.05) is 17.6 Å². The predicted molar refractivity (Wildman–Crippen MR) is 72.8 cm³/mol. The molecular weight excluding hydrogens is 250 g/mol. The van der Waals surface area contributed by atoms with Gasteiger partial charge in [0.25, 0.3) is 0 Å². The molecule has 2 aromatic rings. The minimum atomic E-state index is -0.220. The lowest BCUT2D eigenvalue weighted by molar-refractivity contribution is -0.146. The van der Waals surface area contributed by atoms with E-state index in [4.69, 9.17) is 16.3 Å². The fourth-order valence-corrected chi connectivity index (χ4v) is 2.42. The van der Waals surface area contributed by atoms with Gasteiger partial charge in [-0.3, -0.25) is 4.79 Å². The minimum absolute atomic E-state index is 0.00477. The number of carbonyl (C=O) groups is 1. The average Bonchev–Trinajstić information content (AvgIpc) is 2.81. The van der Waals surface area contributed by atoms with Gasteiger partial charge in [-0.1, -0.05) is 23.7 Å². The Labute approximate surface area is 111 Å². The van der Waals surface area contributed by atoms with Gasteiger partial charge in [0.2, 0.25) is 0 Å². The zero-order valence-electron chi connectivity index (χ0n) is 10.7. The standard InChI is InChI=1S/C14H16ClNO2/c1-9(14(17)18-3)10(2)16-8-7-11-5-4-6-12(15)13(11)16/h4-10H,1-3H3. The number of halogens is 1. The number of hydrogen-bond acceptors (Lipinski definition) is 2. The molecule has 0 aliphatic rings. The predicted octanol–water partition coefficient (Wildman–Crippen LogP) is 3.66. The Morgan fingerprint density at radius 2 is 2.06 bits per heavy atom. The van der Waals surface area contributed by atoms with Gasteiger partial charge in [-0.05, 0) is 26.0 Å². The number of carbonyl (C=O) groups excluding carboxylic acids is 1. The molecule has 2 atom stereocenters. The molecule has 0 bridgehead atoms. The van der Waals surface area contributed by atoms with Crippen LogP contribution < -0.4 is 0 Å². The van der Waals surface area contributed by atoms with Crippen LogP contribution in [0.15, 0.2) is 30.5 Å². The lowest BCUT2D eigenvalue weighted by atomic mass is 10.0. The first-order valence-corrected chi connectivity index (χ1v) is 6.27. The first kappa shape index (κ1) is 13.0. The number of fused-ring (bicyclic) bond motifs is 1. The van der Waals surface area contributed by atoms with Gasteiger partial charge in [0.1, 0.15) is 0 Å². The molecule has 0 amide bonds. The van der Waals surface area contributed by atoms with E-state index in [1.54, 1.807) is 0 Å². The Bertz CT molecular complexity index is 576. The molecule has 2 unspecified atom stereocenters. The summed E-state index contributed by atoms with van der Waals surface area (Å²) in [5.41, 5.74) is 0.961. The lowest BCUT2D eigenvalue weighted by Crippen LogP contribution is -2.22. The maximum atomic E-state index is 11.6. The Morgan fingerprint density at radius 1 is 1.33 bits per heavy atom. The molecule has 1 aromatic carbocycles. The zero-order valence-corrected chi connectivity index (χ0v) is 11.4. The summed E-state index contributed by atoms with van der Waals surface area (Å²) in [6.07, 6.45) is 1.96. The molecule has 0 saturated heterocycles. The number of ether oxygens (including phenoxy) is 1. The quantitative estimate of drug-likeness (QED) is 0.793. The Balaban J connectivity index is 2.45. The van der Waals surface area contributed by atoms with Crippen LogP contribution in [0.1, 0.15) is 19.9 Å². The number of aromatic nitrogens is 1. The Hall–Kier alpha value is -1.48. The second kappa shape index (κ2) is 5.02. The zero-order chi connectivity index (χ0) is 13.3. The number of rotatable bonds is 3. The van der Waals surface area contributed by atoms with E-state index in [0.29, 0.717) is 5.02 Å². The van der Waals surface area contributed by atoms with Gasteiger partial charge in [-0.15, -0.1) is 0 Å². The van der Waals surface area contributed by atoms with Crippen LogP contribution in [0.2, 0.25) is 5.02 Å². The molecule has 0 radical (unpaired) electrons. The third-order valence-corrected chi connectivity index (χ3v) is 3.73. The second-order valence-corrected chi connectivity index (χ2v) is 4.86. The Kier molecular flexibility index (Phi) is 3.62. The fraction of sp³-hybridized carbons (Fsp3) is 0.357. The smallest absolute Gasteiger partial charge is 0.310 e. The van der Waals surface area contributed by atoms with Crippen LogP contribution in [0.3, 0.4) is 0 Å². The summed E-state index contributed by atoms with van der Waals surface area (Å²) < 4.78 is 6.82. The molecule has 0 N–H and O–H groups in total. The normalized spacial score (nSPS) is 14.4. The van der Waals surface area contributed by atoms with Crippen LogP contribution >= 0.6 is 11.6 Å². The van der Waals surface area contributed by atoms with Crippen LogP contribution in [0, 0.1) is 5.92 Å². The summed E-state index contributed by atoms with van der Waals surface area (Å²) in [4.78, 5) is 11.6. The van der Waals surface area contributed by atoms with Gasteiger partial charge in [0.05, 0.1) is 23.6 Å². The van der Waals surface area contributed by atoms with Crippen molar-refractivity contribution in [2.75, 3.05) is 7.11 Å². The van der Waals surface area contributed by atoms with E-state index >= 15 is 0 Å². The fourth-order valence-electron chi connectivity index (χ4n) is 2.14. The summed E-state index contributed by atoms with van der Waals surface area (Å²) in [5, 5.41) is 1.77. The van der Waals surface area contributed by atoms with E-state index in [2.05, 4.69) is 0 Å². The molecule has 0 aliphatic carbocycles. The van der Waals surface area contributed by atoms with Gasteiger partial charge < -0.3 is 9.30 Å². The molecule has 18 heavy (non-hydrogen) atoms. The van der Waals surface area contributed by atoms with Crippen molar-refractivity contribution in [2.24, 2.45) is 5.92 Å². The summed E-state index contributed by atoms with van der Waals surface area (Å²) in [6, 6.07) is 7.78. The topological polar surface area (TPSA) is 31.2 Å². The number of methoxy groups -OCH3 is 1. The van der Waals surface area contributed by atoms with Crippen molar-refractivity contribution in [3.63, 3.8) is 0 Å². The van der Waals surface area contributed by atoms with Crippen molar-refractivity contribution in [3.05, 3.63) is 35.5 Å². The molecule has 0 aliphatic heterocycles. The summed E-state index contributed by atoms with van der Waals surface area (Å²) in [5.74, 6) is -0.432. The monoisotopic (exact) mass is 265 g/mol. The van der Waals surface area contributed by atoms with E-state index in [-0.39, 0.29) is 17.9 Å². The van der Waals surface area contributed by atoms with Crippen LogP contribution in [-0.2, 0) is 9.53 Å². The summed E-state index contributed by atoms with van der Waals surface area (Å²) >= 11 is 6.23. The van der Waals surface area contributed by atoms with Crippen LogP contribution in [-0.4, -0.2) is 17.6 Å². The minimum Gasteiger partial charge on any atom is -0.469 e. The highest BCUT2D eigenvalue weighted by molar-refractivity contribution is 6.35. The maximum absolute atomic E-state index is 11.6. The van der Waals surface area contributed by atoms with Crippen molar-refractivity contribution in [1.82, 2.24) is 4.57 Å². The molecule has 96 valence electrons. The maximum Gasteiger partial charge on any atom is 0.310 e. The van der Waals surface area contributed by atoms with E-state index in [1.165, 1.54) is 7.11 Å². The third-order valence-electron chi connectivity index (χ3n) is 3.43. The molecule has 3 nitrogen and oxygen atoms in total. The molecule has 1 aromatic heterocycles. The largest absolute Gasteiger partial charge is 0.469 e.